The van der Waals surface area contributed by atoms with Gasteiger partial charge in [-0.25, -0.2) is 4.98 Å². The van der Waals surface area contributed by atoms with E-state index in [1.807, 2.05) is 12.1 Å². The van der Waals surface area contributed by atoms with Crippen molar-refractivity contribution in [2.75, 3.05) is 0 Å². The van der Waals surface area contributed by atoms with Gasteiger partial charge in [-0.1, -0.05) is 121 Å². The summed E-state index contributed by atoms with van der Waals surface area (Å²) < 4.78 is 8.47. The predicted octanol–water partition coefficient (Wildman–Crippen LogP) is 11.2. The predicted molar refractivity (Wildman–Crippen MR) is 183 cm³/mol. The molecule has 0 aliphatic heterocycles. The summed E-state index contributed by atoms with van der Waals surface area (Å²) in [5.41, 5.74) is 9.67. The van der Waals surface area contributed by atoms with Crippen LogP contribution in [0.2, 0.25) is 0 Å². The van der Waals surface area contributed by atoms with Crippen molar-refractivity contribution in [3.63, 3.8) is 0 Å². The zero-order chi connectivity index (χ0) is 28.8. The summed E-state index contributed by atoms with van der Waals surface area (Å²) in [4.78, 5) is 5.19. The Hall–Kier alpha value is -5.93. The largest absolute Gasteiger partial charge is 0.455 e. The van der Waals surface area contributed by atoms with Crippen molar-refractivity contribution >= 4 is 70.9 Å². The van der Waals surface area contributed by atoms with Gasteiger partial charge in [0.15, 0.2) is 5.58 Å². The average Bonchev–Trinajstić information content (AvgIpc) is 3.65. The monoisotopic (exact) mass is 560 g/mol. The normalized spacial score (nSPS) is 12.1. The van der Waals surface area contributed by atoms with Crippen LogP contribution in [0.4, 0.5) is 0 Å². The zero-order valence-corrected chi connectivity index (χ0v) is 23.7. The molecule has 10 aromatic rings. The van der Waals surface area contributed by atoms with Gasteiger partial charge in [-0.05, 0) is 62.0 Å². The van der Waals surface area contributed by atoms with Crippen LogP contribution in [0.15, 0.2) is 150 Å². The molecule has 0 N–H and O–H groups in total. The van der Waals surface area contributed by atoms with Crippen LogP contribution in [0.3, 0.4) is 0 Å². The molecule has 204 valence electrons. The number of fused-ring (bicyclic) bond motifs is 12. The molecule has 3 heteroatoms. The lowest BCUT2D eigenvalue weighted by Gasteiger charge is -2.11. The van der Waals surface area contributed by atoms with Gasteiger partial charge in [0.05, 0.1) is 17.2 Å². The molecule has 10 rings (SSSR count). The Kier molecular flexibility index (Phi) is 4.72. The molecule has 0 aliphatic rings. The van der Waals surface area contributed by atoms with Crippen molar-refractivity contribution in [2.24, 2.45) is 0 Å². The quantitative estimate of drug-likeness (QED) is 0.197. The van der Waals surface area contributed by atoms with Gasteiger partial charge in [0.25, 0.3) is 0 Å². The SMILES string of the molecule is c1ccc2c(-c3ccc(-c4ccc5c(c4)c4ccccc4c4nc6cc7c(cn6c54)oc4ccccc47)cc3)cccc2c1. The van der Waals surface area contributed by atoms with Gasteiger partial charge in [0.1, 0.15) is 11.2 Å². The summed E-state index contributed by atoms with van der Waals surface area (Å²) in [7, 11) is 0. The molecule has 0 fully saturated rings. The smallest absolute Gasteiger partial charge is 0.152 e. The number of aromatic nitrogens is 2. The van der Waals surface area contributed by atoms with Gasteiger partial charge < -0.3 is 4.42 Å². The van der Waals surface area contributed by atoms with Crippen LogP contribution in [-0.4, -0.2) is 9.38 Å². The van der Waals surface area contributed by atoms with E-state index in [1.54, 1.807) is 0 Å². The number of para-hydroxylation sites is 1. The maximum absolute atomic E-state index is 6.27. The molecule has 0 atom stereocenters. The van der Waals surface area contributed by atoms with Crippen molar-refractivity contribution < 1.29 is 4.42 Å². The van der Waals surface area contributed by atoms with Gasteiger partial charge in [0, 0.05) is 21.5 Å². The molecule has 3 aromatic heterocycles. The number of nitrogens with zero attached hydrogens (tertiary/aromatic N) is 2. The van der Waals surface area contributed by atoms with E-state index in [1.165, 1.54) is 49.2 Å². The molecule has 0 aliphatic carbocycles. The number of hydrogen-bond donors (Lipinski definition) is 0. The molecular weight excluding hydrogens is 536 g/mol. The maximum Gasteiger partial charge on any atom is 0.152 e. The molecule has 44 heavy (non-hydrogen) atoms. The summed E-state index contributed by atoms with van der Waals surface area (Å²) in [6, 6.07) is 49.9. The Morgan fingerprint density at radius 2 is 1.16 bits per heavy atom. The Balaban J connectivity index is 1.18. The lowest BCUT2D eigenvalue weighted by Crippen LogP contribution is -1.88. The van der Waals surface area contributed by atoms with E-state index in [2.05, 4.69) is 138 Å². The minimum Gasteiger partial charge on any atom is -0.455 e. The molecule has 3 heterocycles. The van der Waals surface area contributed by atoms with Crippen molar-refractivity contribution in [1.82, 2.24) is 9.38 Å². The van der Waals surface area contributed by atoms with E-state index in [9.17, 15) is 0 Å². The highest BCUT2D eigenvalue weighted by atomic mass is 16.3. The fourth-order valence-electron chi connectivity index (χ4n) is 7.10. The molecule has 3 nitrogen and oxygen atoms in total. The standard InChI is InChI=1S/C41H24N2O/c1-2-10-29-26(8-1)9-7-14-30(29)27-18-16-25(17-19-27)28-20-21-34-35(22-28)31-11-3-4-13-33(31)40-41(34)43-24-38-36(23-39(43)42-40)32-12-5-6-15-37(32)44-38/h1-24H. The summed E-state index contributed by atoms with van der Waals surface area (Å²) in [6.07, 6.45) is 2.11. The van der Waals surface area contributed by atoms with Crippen LogP contribution in [0, 0.1) is 0 Å². The summed E-state index contributed by atoms with van der Waals surface area (Å²) in [5, 5.41) is 9.50. The van der Waals surface area contributed by atoms with Crippen molar-refractivity contribution in [3.8, 4) is 22.3 Å². The van der Waals surface area contributed by atoms with Crippen molar-refractivity contribution in [1.29, 1.82) is 0 Å². The van der Waals surface area contributed by atoms with Crippen molar-refractivity contribution in [3.05, 3.63) is 146 Å². The minimum absolute atomic E-state index is 0.863. The number of benzene rings is 7. The maximum atomic E-state index is 6.27. The number of rotatable bonds is 2. The summed E-state index contributed by atoms with van der Waals surface area (Å²) in [5.74, 6) is 0. The van der Waals surface area contributed by atoms with Crippen LogP contribution < -0.4 is 0 Å². The van der Waals surface area contributed by atoms with Gasteiger partial charge in [0.2, 0.25) is 0 Å². The number of imidazole rings is 1. The number of pyridine rings is 1. The second kappa shape index (κ2) is 8.79. The topological polar surface area (TPSA) is 30.4 Å². The minimum atomic E-state index is 0.863. The molecule has 0 bridgehead atoms. The van der Waals surface area contributed by atoms with Crippen LogP contribution >= 0.6 is 0 Å². The second-order valence-corrected chi connectivity index (χ2v) is 11.6. The Morgan fingerprint density at radius 1 is 0.455 bits per heavy atom. The lowest BCUT2D eigenvalue weighted by atomic mass is 9.94. The Labute approximate surface area is 252 Å². The fourth-order valence-corrected chi connectivity index (χ4v) is 7.10. The van der Waals surface area contributed by atoms with E-state index in [-0.39, 0.29) is 0 Å². The Morgan fingerprint density at radius 3 is 2.05 bits per heavy atom. The van der Waals surface area contributed by atoms with Gasteiger partial charge in [-0.2, -0.15) is 0 Å². The lowest BCUT2D eigenvalue weighted by molar-refractivity contribution is 0.666. The Bertz CT molecular complexity index is 2760. The third kappa shape index (κ3) is 3.29. The molecule has 0 saturated carbocycles. The van der Waals surface area contributed by atoms with Crippen LogP contribution in [-0.2, 0) is 0 Å². The molecule has 7 aromatic carbocycles. The first kappa shape index (κ1) is 23.6. The van der Waals surface area contributed by atoms with E-state index < -0.39 is 0 Å². The number of hydrogen-bond acceptors (Lipinski definition) is 2. The van der Waals surface area contributed by atoms with Gasteiger partial charge in [-0.15, -0.1) is 0 Å². The third-order valence-corrected chi connectivity index (χ3v) is 9.19. The molecule has 0 spiro atoms. The van der Waals surface area contributed by atoms with E-state index >= 15 is 0 Å². The molecule has 0 saturated heterocycles. The van der Waals surface area contributed by atoms with Gasteiger partial charge >= 0.3 is 0 Å². The summed E-state index contributed by atoms with van der Waals surface area (Å²) >= 11 is 0. The van der Waals surface area contributed by atoms with Crippen LogP contribution in [0.1, 0.15) is 0 Å². The summed E-state index contributed by atoms with van der Waals surface area (Å²) in [6.45, 7) is 0. The number of furan rings is 1. The van der Waals surface area contributed by atoms with E-state index in [0.29, 0.717) is 0 Å². The highest BCUT2D eigenvalue weighted by Gasteiger charge is 2.17. The van der Waals surface area contributed by atoms with Gasteiger partial charge in [-0.3, -0.25) is 4.40 Å². The fraction of sp³-hybridized carbons (Fsp3) is 0. The van der Waals surface area contributed by atoms with Crippen LogP contribution in [0.25, 0.3) is 93.2 Å². The first-order valence-corrected chi connectivity index (χ1v) is 15.0. The molecule has 0 unspecified atom stereocenters. The van der Waals surface area contributed by atoms with E-state index in [4.69, 9.17) is 9.40 Å². The zero-order valence-electron chi connectivity index (χ0n) is 23.7. The van der Waals surface area contributed by atoms with Crippen LogP contribution in [0.5, 0.6) is 0 Å². The average molecular weight is 561 g/mol. The first-order chi connectivity index (χ1) is 21.8. The van der Waals surface area contributed by atoms with E-state index in [0.717, 1.165) is 44.0 Å². The second-order valence-electron chi connectivity index (χ2n) is 11.6. The highest BCUT2D eigenvalue weighted by molar-refractivity contribution is 6.25. The molecule has 0 amide bonds. The molecule has 0 radical (unpaired) electrons. The van der Waals surface area contributed by atoms with Crippen molar-refractivity contribution in [2.45, 2.75) is 0 Å². The molecular formula is C41H24N2O. The first-order valence-electron chi connectivity index (χ1n) is 15.0. The third-order valence-electron chi connectivity index (χ3n) is 9.19. The highest BCUT2D eigenvalue weighted by Crippen LogP contribution is 2.39.